The Balaban J connectivity index is 1.87. The summed E-state index contributed by atoms with van der Waals surface area (Å²) in [6, 6.07) is 7.99. The van der Waals surface area contributed by atoms with Crippen LogP contribution in [0.1, 0.15) is 133 Å². The zero-order chi connectivity index (χ0) is 22.5. The molecule has 3 nitrogen and oxygen atoms in total. The van der Waals surface area contributed by atoms with Crippen molar-refractivity contribution < 1.29 is 14.3 Å². The maximum atomic E-state index is 13.1. The summed E-state index contributed by atoms with van der Waals surface area (Å²) >= 11 is 0. The predicted molar refractivity (Wildman–Crippen MR) is 129 cm³/mol. The molecule has 1 saturated carbocycles. The summed E-state index contributed by atoms with van der Waals surface area (Å²) in [5, 5.41) is 0. The second-order valence-corrected chi connectivity index (χ2v) is 9.46. The minimum atomic E-state index is -0.713. The van der Waals surface area contributed by atoms with Crippen LogP contribution in [0.4, 0.5) is 0 Å². The molecule has 0 radical (unpaired) electrons. The van der Waals surface area contributed by atoms with Gasteiger partial charge in [-0.25, -0.2) is 0 Å². The molecular weight excluding hydrogens is 384 g/mol. The molecule has 1 aliphatic carbocycles. The van der Waals surface area contributed by atoms with Gasteiger partial charge in [-0.1, -0.05) is 89.5 Å². The number of benzene rings is 1. The number of unbranched alkanes of at least 4 members (excludes halogenated alkanes) is 6. The van der Waals surface area contributed by atoms with Gasteiger partial charge >= 0.3 is 5.97 Å². The van der Waals surface area contributed by atoms with Crippen molar-refractivity contribution in [1.29, 1.82) is 0 Å². The van der Waals surface area contributed by atoms with Gasteiger partial charge in [0.1, 0.15) is 0 Å². The van der Waals surface area contributed by atoms with E-state index in [2.05, 4.69) is 19.9 Å². The normalized spacial score (nSPS) is 19.7. The summed E-state index contributed by atoms with van der Waals surface area (Å²) in [6.45, 7) is 6.09. The molecule has 1 aromatic carbocycles. The lowest BCUT2D eigenvalue weighted by atomic mass is 9.75. The summed E-state index contributed by atoms with van der Waals surface area (Å²) in [6.07, 6.45) is 15.6. The van der Waals surface area contributed by atoms with Crippen LogP contribution < -0.4 is 0 Å². The molecule has 1 unspecified atom stereocenters. The van der Waals surface area contributed by atoms with Gasteiger partial charge in [0.15, 0.2) is 6.10 Å². The number of carbonyl (C=O) groups excluding carboxylic acids is 2. The molecule has 1 aliphatic rings. The largest absolute Gasteiger partial charge is 0.454 e. The lowest BCUT2D eigenvalue weighted by Crippen LogP contribution is -2.26. The van der Waals surface area contributed by atoms with Gasteiger partial charge in [-0.15, -0.1) is 0 Å². The van der Waals surface area contributed by atoms with E-state index >= 15 is 0 Å². The lowest BCUT2D eigenvalue weighted by Gasteiger charge is -2.30. The third-order valence-corrected chi connectivity index (χ3v) is 6.89. The predicted octanol–water partition coefficient (Wildman–Crippen LogP) is 8.02. The van der Waals surface area contributed by atoms with Gasteiger partial charge in [-0.2, -0.15) is 0 Å². The van der Waals surface area contributed by atoms with Crippen LogP contribution in [0.5, 0.6) is 0 Å². The molecular formula is C28H44O3. The number of rotatable bonds is 14. The molecule has 0 saturated heterocycles. The summed E-state index contributed by atoms with van der Waals surface area (Å²) in [7, 11) is 0. The van der Waals surface area contributed by atoms with Crippen LogP contribution in [0.15, 0.2) is 24.3 Å². The van der Waals surface area contributed by atoms with Crippen molar-refractivity contribution in [3.63, 3.8) is 0 Å². The van der Waals surface area contributed by atoms with E-state index in [1.807, 2.05) is 18.2 Å². The maximum Gasteiger partial charge on any atom is 0.306 e. The number of carbonyl (C=O) groups is 2. The van der Waals surface area contributed by atoms with E-state index in [1.165, 1.54) is 51.4 Å². The van der Waals surface area contributed by atoms with Crippen molar-refractivity contribution >= 4 is 11.8 Å². The Morgan fingerprint density at radius 2 is 1.55 bits per heavy atom. The molecule has 0 aromatic heterocycles. The number of hydrogen-bond acceptors (Lipinski definition) is 3. The van der Waals surface area contributed by atoms with Gasteiger partial charge in [0.05, 0.1) is 0 Å². The van der Waals surface area contributed by atoms with Crippen LogP contribution in [-0.2, 0) is 9.53 Å². The molecule has 31 heavy (non-hydrogen) atoms. The van der Waals surface area contributed by atoms with Crippen LogP contribution in [-0.4, -0.2) is 17.9 Å². The Morgan fingerprint density at radius 1 is 0.903 bits per heavy atom. The first-order valence-electron chi connectivity index (χ1n) is 12.9. The molecule has 2 rings (SSSR count). The fraction of sp³-hybridized carbons (Fsp3) is 0.714. The van der Waals surface area contributed by atoms with Crippen LogP contribution in [0, 0.1) is 5.92 Å². The molecule has 0 heterocycles. The van der Waals surface area contributed by atoms with E-state index in [4.69, 9.17) is 4.74 Å². The molecule has 174 valence electrons. The molecule has 1 fully saturated rings. The second-order valence-electron chi connectivity index (χ2n) is 9.46. The highest BCUT2D eigenvalue weighted by Crippen LogP contribution is 2.39. The standard InChI is InChI=1S/C28H44O3/c1-4-6-8-9-11-14-23-18-20-24(21-19-23)25-15-12-13-16-26(25)28(30)22(3)31-27(29)17-10-7-5-2/h12-13,15-16,22-24H,4-11,14,17-21H2,1-3H3. The minimum absolute atomic E-state index is 0.0579. The monoisotopic (exact) mass is 428 g/mol. The maximum absolute atomic E-state index is 13.1. The van der Waals surface area contributed by atoms with Crippen LogP contribution in [0.25, 0.3) is 0 Å². The molecule has 1 atom stereocenters. The van der Waals surface area contributed by atoms with Crippen LogP contribution >= 0.6 is 0 Å². The molecule has 0 amide bonds. The molecule has 0 N–H and O–H groups in total. The molecule has 0 spiro atoms. The number of esters is 1. The SMILES string of the molecule is CCCCCCCC1CCC(c2ccccc2C(=O)C(C)OC(=O)CCCCC)CC1. The van der Waals surface area contributed by atoms with Crippen LogP contribution in [0.2, 0.25) is 0 Å². The van der Waals surface area contributed by atoms with E-state index in [0.717, 1.165) is 49.1 Å². The Hall–Kier alpha value is -1.64. The van der Waals surface area contributed by atoms with Crippen molar-refractivity contribution in [2.24, 2.45) is 5.92 Å². The number of ketones is 1. The Kier molecular flexibility index (Phi) is 11.9. The van der Waals surface area contributed by atoms with Crippen molar-refractivity contribution in [3.05, 3.63) is 35.4 Å². The Bertz CT molecular complexity index is 658. The highest BCUT2D eigenvalue weighted by atomic mass is 16.5. The smallest absolute Gasteiger partial charge is 0.306 e. The topological polar surface area (TPSA) is 43.4 Å². The summed E-state index contributed by atoms with van der Waals surface area (Å²) < 4.78 is 5.46. The minimum Gasteiger partial charge on any atom is -0.454 e. The number of Topliss-reactive ketones (excluding diaryl/α,β-unsaturated/α-hetero) is 1. The fourth-order valence-corrected chi connectivity index (χ4v) is 4.92. The van der Waals surface area contributed by atoms with Gasteiger partial charge in [0.2, 0.25) is 5.78 Å². The zero-order valence-corrected chi connectivity index (χ0v) is 20.2. The first-order valence-corrected chi connectivity index (χ1v) is 12.9. The van der Waals surface area contributed by atoms with Crippen molar-refractivity contribution in [3.8, 4) is 0 Å². The first kappa shape index (κ1) is 25.6. The van der Waals surface area contributed by atoms with Gasteiger partial charge < -0.3 is 4.74 Å². The van der Waals surface area contributed by atoms with Gasteiger partial charge in [0.25, 0.3) is 0 Å². The summed E-state index contributed by atoms with van der Waals surface area (Å²) in [4.78, 5) is 25.1. The summed E-state index contributed by atoms with van der Waals surface area (Å²) in [5.41, 5.74) is 1.90. The van der Waals surface area contributed by atoms with Crippen LogP contribution in [0.3, 0.4) is 0 Å². The Labute approximate surface area is 190 Å². The van der Waals surface area contributed by atoms with E-state index in [-0.39, 0.29) is 11.8 Å². The Morgan fingerprint density at radius 3 is 2.26 bits per heavy atom. The summed E-state index contributed by atoms with van der Waals surface area (Å²) in [5.74, 6) is 0.983. The molecule has 1 aromatic rings. The van der Waals surface area contributed by atoms with E-state index in [1.54, 1.807) is 6.92 Å². The third kappa shape index (κ3) is 8.79. The third-order valence-electron chi connectivity index (χ3n) is 6.89. The highest BCUT2D eigenvalue weighted by Gasteiger charge is 2.27. The van der Waals surface area contributed by atoms with Gasteiger partial charge in [-0.05, 0) is 56.4 Å². The molecule has 0 aliphatic heterocycles. The molecule has 3 heteroatoms. The number of ether oxygens (including phenoxy) is 1. The average Bonchev–Trinajstić information content (AvgIpc) is 2.79. The zero-order valence-electron chi connectivity index (χ0n) is 20.2. The number of hydrogen-bond donors (Lipinski definition) is 0. The van der Waals surface area contributed by atoms with Crippen molar-refractivity contribution in [2.75, 3.05) is 0 Å². The van der Waals surface area contributed by atoms with Gasteiger partial charge in [-0.3, -0.25) is 9.59 Å². The first-order chi connectivity index (χ1) is 15.1. The molecule has 0 bridgehead atoms. The van der Waals surface area contributed by atoms with E-state index in [0.29, 0.717) is 12.3 Å². The average molecular weight is 429 g/mol. The van der Waals surface area contributed by atoms with Crippen molar-refractivity contribution in [1.82, 2.24) is 0 Å². The fourth-order valence-electron chi connectivity index (χ4n) is 4.92. The highest BCUT2D eigenvalue weighted by molar-refractivity contribution is 6.01. The quantitative estimate of drug-likeness (QED) is 0.171. The van der Waals surface area contributed by atoms with Crippen molar-refractivity contribution in [2.45, 2.75) is 123 Å². The van der Waals surface area contributed by atoms with Gasteiger partial charge in [0, 0.05) is 12.0 Å². The lowest BCUT2D eigenvalue weighted by molar-refractivity contribution is -0.146. The van der Waals surface area contributed by atoms with E-state index < -0.39 is 6.10 Å². The van der Waals surface area contributed by atoms with E-state index in [9.17, 15) is 9.59 Å². The second kappa shape index (κ2) is 14.4.